The maximum absolute atomic E-state index is 13.2. The van der Waals surface area contributed by atoms with Gasteiger partial charge < -0.3 is 9.84 Å². The Morgan fingerprint density at radius 1 is 1.12 bits per heavy atom. The predicted molar refractivity (Wildman–Crippen MR) is 90.2 cm³/mol. The van der Waals surface area contributed by atoms with Gasteiger partial charge in [-0.25, -0.2) is 4.39 Å². The molecule has 0 saturated carbocycles. The average molecular weight is 339 g/mol. The lowest BCUT2D eigenvalue weighted by atomic mass is 9.98. The molecule has 0 bridgehead atoms. The Hall–Kier alpha value is -3.02. The van der Waals surface area contributed by atoms with Crippen molar-refractivity contribution in [2.45, 2.75) is 25.8 Å². The van der Waals surface area contributed by atoms with Gasteiger partial charge in [0.05, 0.1) is 6.04 Å². The number of hydrogen-bond donors (Lipinski definition) is 1. The van der Waals surface area contributed by atoms with E-state index < -0.39 is 0 Å². The van der Waals surface area contributed by atoms with Gasteiger partial charge in [-0.1, -0.05) is 47.6 Å². The summed E-state index contributed by atoms with van der Waals surface area (Å²) in [6, 6.07) is 15.3. The van der Waals surface area contributed by atoms with Gasteiger partial charge in [-0.2, -0.15) is 4.98 Å². The van der Waals surface area contributed by atoms with Gasteiger partial charge in [0.25, 0.3) is 0 Å². The highest BCUT2D eigenvalue weighted by Crippen LogP contribution is 2.22. The first kappa shape index (κ1) is 16.8. The van der Waals surface area contributed by atoms with Crippen molar-refractivity contribution < 1.29 is 13.7 Å². The zero-order valence-corrected chi connectivity index (χ0v) is 13.8. The lowest BCUT2D eigenvalue weighted by Crippen LogP contribution is -2.29. The molecule has 6 heteroatoms. The van der Waals surface area contributed by atoms with E-state index >= 15 is 0 Å². The van der Waals surface area contributed by atoms with Gasteiger partial charge in [0, 0.05) is 12.8 Å². The van der Waals surface area contributed by atoms with E-state index in [-0.39, 0.29) is 24.2 Å². The van der Waals surface area contributed by atoms with Crippen molar-refractivity contribution in [3.8, 4) is 0 Å². The molecule has 5 nitrogen and oxygen atoms in total. The van der Waals surface area contributed by atoms with Crippen LogP contribution in [-0.2, 0) is 11.2 Å². The minimum absolute atomic E-state index is 0.144. The largest absolute Gasteiger partial charge is 0.345 e. The Morgan fingerprint density at radius 3 is 2.44 bits per heavy atom. The molecule has 0 spiro atoms. The summed E-state index contributed by atoms with van der Waals surface area (Å²) in [4.78, 5) is 16.5. The number of amides is 1. The van der Waals surface area contributed by atoms with Crippen molar-refractivity contribution in [1.82, 2.24) is 15.5 Å². The first-order valence-corrected chi connectivity index (χ1v) is 8.01. The molecule has 2 aromatic carbocycles. The highest BCUT2D eigenvalue weighted by atomic mass is 19.1. The van der Waals surface area contributed by atoms with Gasteiger partial charge in [0.2, 0.25) is 11.8 Å². The molecule has 0 saturated heterocycles. The third kappa shape index (κ3) is 4.50. The van der Waals surface area contributed by atoms with Crippen LogP contribution in [0.1, 0.15) is 35.3 Å². The highest BCUT2D eigenvalue weighted by Gasteiger charge is 2.17. The van der Waals surface area contributed by atoms with E-state index in [1.54, 1.807) is 19.1 Å². The number of aromatic nitrogens is 2. The fourth-order valence-electron chi connectivity index (χ4n) is 2.56. The van der Waals surface area contributed by atoms with Crippen LogP contribution in [0.5, 0.6) is 0 Å². The Morgan fingerprint density at radius 2 is 1.80 bits per heavy atom. The van der Waals surface area contributed by atoms with Crippen LogP contribution in [0.2, 0.25) is 0 Å². The van der Waals surface area contributed by atoms with E-state index in [1.807, 2.05) is 30.3 Å². The number of halogens is 1. The molecule has 0 fully saturated rings. The Kier molecular flexibility index (Phi) is 5.18. The molecule has 1 aromatic heterocycles. The summed E-state index contributed by atoms with van der Waals surface area (Å²) in [5, 5.41) is 6.70. The van der Waals surface area contributed by atoms with Gasteiger partial charge in [-0.05, 0) is 30.2 Å². The maximum Gasteiger partial charge on any atom is 0.227 e. The average Bonchev–Trinajstić information content (AvgIpc) is 3.05. The van der Waals surface area contributed by atoms with Crippen LogP contribution in [0.25, 0.3) is 0 Å². The van der Waals surface area contributed by atoms with Crippen molar-refractivity contribution in [3.05, 3.63) is 83.3 Å². The normalized spacial score (nSPS) is 11.9. The van der Waals surface area contributed by atoms with Crippen molar-refractivity contribution in [2.75, 3.05) is 0 Å². The molecule has 1 atom stereocenters. The van der Waals surface area contributed by atoms with Gasteiger partial charge >= 0.3 is 0 Å². The molecule has 3 aromatic rings. The first-order valence-electron chi connectivity index (χ1n) is 8.01. The summed E-state index contributed by atoms with van der Waals surface area (Å²) in [6.45, 7) is 1.73. The minimum atomic E-state index is -0.348. The zero-order chi connectivity index (χ0) is 17.6. The molecule has 25 heavy (non-hydrogen) atoms. The van der Waals surface area contributed by atoms with Crippen LogP contribution in [0.3, 0.4) is 0 Å². The van der Waals surface area contributed by atoms with Crippen LogP contribution >= 0.6 is 0 Å². The Balaban J connectivity index is 1.73. The topological polar surface area (TPSA) is 68.0 Å². The molecule has 3 rings (SSSR count). The lowest BCUT2D eigenvalue weighted by Gasteiger charge is -2.20. The van der Waals surface area contributed by atoms with E-state index in [0.29, 0.717) is 18.1 Å². The fraction of sp³-hybridized carbons (Fsp3) is 0.211. The first-order chi connectivity index (χ1) is 12.1. The van der Waals surface area contributed by atoms with E-state index in [2.05, 4.69) is 15.5 Å². The molecule has 128 valence electrons. The summed E-state index contributed by atoms with van der Waals surface area (Å²) >= 11 is 0. The smallest absolute Gasteiger partial charge is 0.227 e. The van der Waals surface area contributed by atoms with Crippen LogP contribution in [-0.4, -0.2) is 16.0 Å². The van der Waals surface area contributed by atoms with Crippen molar-refractivity contribution in [2.24, 2.45) is 0 Å². The van der Waals surface area contributed by atoms with Crippen LogP contribution in [0.15, 0.2) is 59.1 Å². The van der Waals surface area contributed by atoms with Gasteiger partial charge in [0.1, 0.15) is 5.82 Å². The summed E-state index contributed by atoms with van der Waals surface area (Å²) < 4.78 is 18.2. The third-order valence-corrected chi connectivity index (χ3v) is 3.78. The summed E-state index contributed by atoms with van der Waals surface area (Å²) in [5.74, 6) is 0.525. The molecule has 0 aliphatic carbocycles. The number of aryl methyl sites for hydroxylation is 2. The van der Waals surface area contributed by atoms with Gasteiger partial charge in [-0.15, -0.1) is 0 Å². The lowest BCUT2D eigenvalue weighted by molar-refractivity contribution is -0.121. The fourth-order valence-corrected chi connectivity index (χ4v) is 2.56. The van der Waals surface area contributed by atoms with E-state index in [4.69, 9.17) is 4.52 Å². The number of carbonyl (C=O) groups is 1. The number of benzene rings is 2. The molecule has 0 aliphatic rings. The molecule has 1 amide bonds. The van der Waals surface area contributed by atoms with E-state index in [0.717, 1.165) is 11.1 Å². The van der Waals surface area contributed by atoms with Crippen molar-refractivity contribution in [3.63, 3.8) is 0 Å². The highest BCUT2D eigenvalue weighted by molar-refractivity contribution is 5.77. The minimum Gasteiger partial charge on any atom is -0.345 e. The number of nitrogens with zero attached hydrogens (tertiary/aromatic N) is 2. The monoisotopic (exact) mass is 339 g/mol. The summed E-state index contributed by atoms with van der Waals surface area (Å²) in [7, 11) is 0. The third-order valence-electron chi connectivity index (χ3n) is 3.78. The molecule has 1 heterocycles. The van der Waals surface area contributed by atoms with Gasteiger partial charge in [0.15, 0.2) is 5.82 Å². The molecule has 1 unspecified atom stereocenters. The standard InChI is InChI=1S/C19H18FN3O2/c1-13-21-18(25-23-13)12-11-17(24)22-19(14-5-3-2-4-6-14)15-7-9-16(20)10-8-15/h2-10,19H,11-12H2,1H3,(H,22,24). The number of carbonyl (C=O) groups excluding carboxylic acids is 1. The van der Waals surface area contributed by atoms with Crippen molar-refractivity contribution >= 4 is 5.91 Å². The predicted octanol–water partition coefficient (Wildman–Crippen LogP) is 3.36. The zero-order valence-electron chi connectivity index (χ0n) is 13.8. The van der Waals surface area contributed by atoms with Crippen LogP contribution in [0, 0.1) is 12.7 Å². The Bertz CT molecular complexity index is 831. The molecular formula is C19H18FN3O2. The second-order valence-electron chi connectivity index (χ2n) is 5.70. The molecular weight excluding hydrogens is 321 g/mol. The maximum atomic E-state index is 13.2. The van der Waals surface area contributed by atoms with E-state index in [9.17, 15) is 9.18 Å². The van der Waals surface area contributed by atoms with Crippen molar-refractivity contribution in [1.29, 1.82) is 0 Å². The van der Waals surface area contributed by atoms with E-state index in [1.165, 1.54) is 12.1 Å². The van der Waals surface area contributed by atoms with Crippen LogP contribution in [0.4, 0.5) is 4.39 Å². The second-order valence-corrected chi connectivity index (χ2v) is 5.70. The molecule has 1 N–H and O–H groups in total. The molecule has 0 aliphatic heterocycles. The number of hydrogen-bond acceptors (Lipinski definition) is 4. The SMILES string of the molecule is Cc1noc(CCC(=O)NC(c2ccccc2)c2ccc(F)cc2)n1. The number of rotatable bonds is 6. The van der Waals surface area contributed by atoms with Gasteiger partial charge in [-0.3, -0.25) is 4.79 Å². The number of nitrogens with one attached hydrogen (secondary N) is 1. The van der Waals surface area contributed by atoms with Crippen LogP contribution < -0.4 is 5.32 Å². The quantitative estimate of drug-likeness (QED) is 0.748. The summed E-state index contributed by atoms with van der Waals surface area (Å²) in [5.41, 5.74) is 1.74. The molecule has 0 radical (unpaired) electrons. The summed E-state index contributed by atoms with van der Waals surface area (Å²) in [6.07, 6.45) is 0.601. The second kappa shape index (κ2) is 7.70. The Labute approximate surface area is 144 Å².